The molecule has 1 rings (SSSR count). The topological polar surface area (TPSA) is 15.3 Å². The van der Waals surface area contributed by atoms with Crippen LogP contribution in [0.4, 0.5) is 0 Å². The normalized spacial score (nSPS) is 24.9. The average molecular weight is 183 g/mol. The molecule has 0 spiro atoms. The molecule has 0 saturated carbocycles. The van der Waals surface area contributed by atoms with Gasteiger partial charge in [-0.3, -0.25) is 4.90 Å². The Hall–Kier alpha value is -0.0800. The number of nitrogens with zero attached hydrogens (tertiary/aromatic N) is 1. The summed E-state index contributed by atoms with van der Waals surface area (Å²) in [6, 6.07) is 0.774. The van der Waals surface area contributed by atoms with E-state index in [1.165, 1.54) is 38.9 Å². The van der Waals surface area contributed by atoms with Crippen molar-refractivity contribution >= 4 is 0 Å². The Morgan fingerprint density at radius 3 is 3.08 bits per heavy atom. The minimum Gasteiger partial charge on any atom is -0.314 e. The molecule has 1 aliphatic heterocycles. The fraction of sp³-hybridized carbons (Fsp3) is 0.909. The molecule has 0 aromatic heterocycles. The van der Waals surface area contributed by atoms with Crippen LogP contribution in [0, 0.1) is 6.92 Å². The zero-order chi connectivity index (χ0) is 9.52. The van der Waals surface area contributed by atoms with Crippen LogP contribution in [0.15, 0.2) is 0 Å². The third kappa shape index (κ3) is 3.65. The van der Waals surface area contributed by atoms with Crippen LogP contribution < -0.4 is 5.32 Å². The third-order valence-corrected chi connectivity index (χ3v) is 2.81. The number of piperazine rings is 1. The van der Waals surface area contributed by atoms with Gasteiger partial charge in [0.05, 0.1) is 0 Å². The Morgan fingerprint density at radius 1 is 1.54 bits per heavy atom. The molecule has 0 aromatic carbocycles. The van der Waals surface area contributed by atoms with Crippen LogP contribution in [0.2, 0.25) is 0 Å². The first-order valence-corrected chi connectivity index (χ1v) is 5.62. The second-order valence-corrected chi connectivity index (χ2v) is 3.89. The quantitative estimate of drug-likeness (QED) is 0.697. The third-order valence-electron chi connectivity index (χ3n) is 2.81. The maximum Gasteiger partial charge on any atom is 0.0221 e. The van der Waals surface area contributed by atoms with Crippen LogP contribution in [0.3, 0.4) is 0 Å². The Balaban J connectivity index is 2.28. The minimum absolute atomic E-state index is 0.774. The molecule has 0 aliphatic carbocycles. The number of hydrogen-bond donors (Lipinski definition) is 1. The summed E-state index contributed by atoms with van der Waals surface area (Å²) >= 11 is 0. The molecule has 1 fully saturated rings. The molecule has 2 heteroatoms. The summed E-state index contributed by atoms with van der Waals surface area (Å²) in [5.41, 5.74) is 0. The van der Waals surface area contributed by atoms with Crippen molar-refractivity contribution in [2.75, 3.05) is 26.2 Å². The summed E-state index contributed by atoms with van der Waals surface area (Å²) in [4.78, 5) is 2.60. The van der Waals surface area contributed by atoms with E-state index >= 15 is 0 Å². The number of hydrogen-bond acceptors (Lipinski definition) is 2. The molecule has 1 radical (unpaired) electrons. The molecular formula is C11H23N2. The highest BCUT2D eigenvalue weighted by Gasteiger charge is 2.19. The zero-order valence-electron chi connectivity index (χ0n) is 8.89. The van der Waals surface area contributed by atoms with E-state index in [2.05, 4.69) is 24.1 Å². The smallest absolute Gasteiger partial charge is 0.0221 e. The van der Waals surface area contributed by atoms with Gasteiger partial charge in [-0.2, -0.15) is 0 Å². The predicted octanol–water partition coefficient (Wildman–Crippen LogP) is 1.67. The number of unbranched alkanes of at least 4 members (excludes halogenated alkanes) is 1. The Labute approximate surface area is 82.7 Å². The van der Waals surface area contributed by atoms with Gasteiger partial charge < -0.3 is 5.32 Å². The van der Waals surface area contributed by atoms with Crippen molar-refractivity contribution in [1.29, 1.82) is 0 Å². The molecule has 1 unspecified atom stereocenters. The molecule has 1 saturated heterocycles. The van der Waals surface area contributed by atoms with E-state index in [4.69, 9.17) is 0 Å². The summed E-state index contributed by atoms with van der Waals surface area (Å²) in [5.74, 6) is 0. The molecule has 2 nitrogen and oxygen atoms in total. The van der Waals surface area contributed by atoms with Crippen molar-refractivity contribution < 1.29 is 0 Å². The standard InChI is InChI=1S/C11H23N2/c1-3-5-6-11-10-12-7-9-13(11)8-4-2/h11-12H,2-10H2,1H3. The molecule has 13 heavy (non-hydrogen) atoms. The Kier molecular flexibility index (Phi) is 5.40. The van der Waals surface area contributed by atoms with Crippen molar-refractivity contribution in [3.8, 4) is 0 Å². The largest absolute Gasteiger partial charge is 0.314 e. The second kappa shape index (κ2) is 6.39. The lowest BCUT2D eigenvalue weighted by molar-refractivity contribution is 0.153. The highest BCUT2D eigenvalue weighted by molar-refractivity contribution is 4.79. The van der Waals surface area contributed by atoms with E-state index in [1.807, 2.05) is 0 Å². The van der Waals surface area contributed by atoms with Crippen LogP contribution in [0.5, 0.6) is 0 Å². The van der Waals surface area contributed by atoms with Gasteiger partial charge in [0.15, 0.2) is 0 Å². The van der Waals surface area contributed by atoms with E-state index in [1.54, 1.807) is 0 Å². The highest BCUT2D eigenvalue weighted by Crippen LogP contribution is 2.11. The van der Waals surface area contributed by atoms with Crippen LogP contribution >= 0.6 is 0 Å². The second-order valence-electron chi connectivity index (χ2n) is 3.89. The van der Waals surface area contributed by atoms with Gasteiger partial charge in [0.2, 0.25) is 0 Å². The lowest BCUT2D eigenvalue weighted by atomic mass is 10.1. The lowest BCUT2D eigenvalue weighted by Crippen LogP contribution is -2.51. The molecule has 77 valence electrons. The van der Waals surface area contributed by atoms with E-state index < -0.39 is 0 Å². The molecule has 1 heterocycles. The van der Waals surface area contributed by atoms with Crippen LogP contribution in [0.25, 0.3) is 0 Å². The van der Waals surface area contributed by atoms with E-state index in [-0.39, 0.29) is 0 Å². The van der Waals surface area contributed by atoms with Crippen molar-refractivity contribution in [1.82, 2.24) is 10.2 Å². The molecule has 1 atom stereocenters. The lowest BCUT2D eigenvalue weighted by Gasteiger charge is -2.36. The van der Waals surface area contributed by atoms with Gasteiger partial charge in [-0.25, -0.2) is 0 Å². The van der Waals surface area contributed by atoms with Gasteiger partial charge >= 0.3 is 0 Å². The maximum atomic E-state index is 3.93. The van der Waals surface area contributed by atoms with E-state index in [0.29, 0.717) is 0 Å². The van der Waals surface area contributed by atoms with Gasteiger partial charge in [-0.15, -0.1) is 0 Å². The number of nitrogens with one attached hydrogen (secondary N) is 1. The highest BCUT2D eigenvalue weighted by atomic mass is 15.2. The fourth-order valence-corrected chi connectivity index (χ4v) is 2.02. The van der Waals surface area contributed by atoms with Gasteiger partial charge in [-0.1, -0.05) is 26.7 Å². The fourth-order valence-electron chi connectivity index (χ4n) is 2.02. The van der Waals surface area contributed by atoms with Gasteiger partial charge in [0.25, 0.3) is 0 Å². The Bertz CT molecular complexity index is 123. The summed E-state index contributed by atoms with van der Waals surface area (Å²) in [6.45, 7) is 10.9. The summed E-state index contributed by atoms with van der Waals surface area (Å²) in [5, 5.41) is 3.47. The van der Waals surface area contributed by atoms with Gasteiger partial charge in [0.1, 0.15) is 0 Å². The van der Waals surface area contributed by atoms with Crippen molar-refractivity contribution in [2.45, 2.75) is 38.6 Å². The van der Waals surface area contributed by atoms with Gasteiger partial charge in [-0.05, 0) is 19.4 Å². The van der Waals surface area contributed by atoms with Crippen molar-refractivity contribution in [3.05, 3.63) is 6.92 Å². The molecule has 0 bridgehead atoms. The summed E-state index contributed by atoms with van der Waals surface area (Å²) in [6.07, 6.45) is 5.07. The van der Waals surface area contributed by atoms with Crippen LogP contribution in [0.1, 0.15) is 32.6 Å². The Morgan fingerprint density at radius 2 is 2.38 bits per heavy atom. The molecule has 0 amide bonds. The molecular weight excluding hydrogens is 160 g/mol. The van der Waals surface area contributed by atoms with Crippen molar-refractivity contribution in [2.24, 2.45) is 0 Å². The SMILES string of the molecule is [CH2]CCN1CCNCC1CCCC. The first-order valence-electron chi connectivity index (χ1n) is 5.62. The van der Waals surface area contributed by atoms with Crippen LogP contribution in [-0.2, 0) is 0 Å². The maximum absolute atomic E-state index is 3.93. The van der Waals surface area contributed by atoms with Crippen LogP contribution in [-0.4, -0.2) is 37.1 Å². The molecule has 1 aliphatic rings. The van der Waals surface area contributed by atoms with Gasteiger partial charge in [0, 0.05) is 25.7 Å². The zero-order valence-corrected chi connectivity index (χ0v) is 8.89. The van der Waals surface area contributed by atoms with E-state index in [0.717, 1.165) is 19.0 Å². The molecule has 1 N–H and O–H groups in total. The first-order chi connectivity index (χ1) is 6.38. The minimum atomic E-state index is 0.774. The van der Waals surface area contributed by atoms with E-state index in [9.17, 15) is 0 Å². The molecule has 0 aromatic rings. The first kappa shape index (κ1) is 11.0. The monoisotopic (exact) mass is 183 g/mol. The average Bonchev–Trinajstić information content (AvgIpc) is 2.17. The summed E-state index contributed by atoms with van der Waals surface area (Å²) in [7, 11) is 0. The predicted molar refractivity (Wildman–Crippen MR) is 57.7 cm³/mol. The number of rotatable bonds is 5. The van der Waals surface area contributed by atoms with Crippen molar-refractivity contribution in [3.63, 3.8) is 0 Å². The summed E-state index contributed by atoms with van der Waals surface area (Å²) < 4.78 is 0.